The number of anilines is 1. The highest BCUT2D eigenvalue weighted by molar-refractivity contribution is 7.12. The van der Waals surface area contributed by atoms with Crippen LogP contribution in [0.2, 0.25) is 0 Å². The zero-order chi connectivity index (χ0) is 13.0. The number of rotatable bonds is 4. The van der Waals surface area contributed by atoms with Crippen LogP contribution >= 0.6 is 11.3 Å². The van der Waals surface area contributed by atoms with Crippen molar-refractivity contribution in [1.29, 1.82) is 0 Å². The van der Waals surface area contributed by atoms with E-state index in [-0.39, 0.29) is 18.4 Å². The van der Waals surface area contributed by atoms with Gasteiger partial charge in [-0.3, -0.25) is 14.7 Å². The second-order valence-electron chi connectivity index (χ2n) is 3.67. The van der Waals surface area contributed by atoms with Gasteiger partial charge in [-0.2, -0.15) is 5.10 Å². The molecule has 0 aliphatic rings. The molecule has 0 saturated carbocycles. The lowest BCUT2D eigenvalue weighted by molar-refractivity contribution is -0.116. The summed E-state index contributed by atoms with van der Waals surface area (Å²) in [7, 11) is 1.59. The van der Waals surface area contributed by atoms with E-state index < -0.39 is 0 Å². The molecular weight excluding hydrogens is 252 g/mol. The number of carbonyl (C=O) groups is 2. The zero-order valence-corrected chi connectivity index (χ0v) is 10.5. The summed E-state index contributed by atoms with van der Waals surface area (Å²) in [5, 5.41) is 10.8. The summed E-state index contributed by atoms with van der Waals surface area (Å²) in [6.45, 7) is 0.00190. The van der Waals surface area contributed by atoms with E-state index in [1.54, 1.807) is 25.4 Å². The molecule has 0 radical (unpaired) electrons. The molecule has 0 aliphatic heterocycles. The van der Waals surface area contributed by atoms with Gasteiger partial charge >= 0.3 is 0 Å². The van der Waals surface area contributed by atoms with E-state index in [9.17, 15) is 9.59 Å². The highest BCUT2D eigenvalue weighted by Gasteiger charge is 2.15. The summed E-state index contributed by atoms with van der Waals surface area (Å²) in [6.07, 6.45) is 3.07. The molecule has 7 heteroatoms. The van der Waals surface area contributed by atoms with Crippen LogP contribution in [0.15, 0.2) is 29.9 Å². The lowest BCUT2D eigenvalue weighted by atomic mass is 10.4. The smallest absolute Gasteiger partial charge is 0.264 e. The van der Waals surface area contributed by atoms with Crippen LogP contribution in [0.25, 0.3) is 0 Å². The van der Waals surface area contributed by atoms with Crippen LogP contribution in [-0.2, 0) is 4.79 Å². The largest absolute Gasteiger partial charge is 0.332 e. The first-order valence-corrected chi connectivity index (χ1v) is 6.12. The molecule has 0 aromatic carbocycles. The molecule has 0 saturated heterocycles. The topological polar surface area (TPSA) is 78.1 Å². The second kappa shape index (κ2) is 5.46. The van der Waals surface area contributed by atoms with Gasteiger partial charge in [0.05, 0.1) is 23.3 Å². The minimum absolute atomic E-state index is 0.00190. The number of aromatic amines is 1. The summed E-state index contributed by atoms with van der Waals surface area (Å²) >= 11 is 1.35. The van der Waals surface area contributed by atoms with Crippen molar-refractivity contribution in [2.75, 3.05) is 18.9 Å². The van der Waals surface area contributed by atoms with Gasteiger partial charge in [0.1, 0.15) is 0 Å². The van der Waals surface area contributed by atoms with Gasteiger partial charge in [-0.05, 0) is 11.4 Å². The summed E-state index contributed by atoms with van der Waals surface area (Å²) in [4.78, 5) is 25.5. The summed E-state index contributed by atoms with van der Waals surface area (Å²) < 4.78 is 0. The molecule has 2 amide bonds. The van der Waals surface area contributed by atoms with Crippen molar-refractivity contribution in [3.05, 3.63) is 34.8 Å². The van der Waals surface area contributed by atoms with E-state index in [0.29, 0.717) is 10.6 Å². The third-order valence-corrected chi connectivity index (χ3v) is 3.10. The van der Waals surface area contributed by atoms with Gasteiger partial charge in [-0.25, -0.2) is 0 Å². The van der Waals surface area contributed by atoms with Crippen molar-refractivity contribution in [2.45, 2.75) is 0 Å². The number of likely N-dealkylation sites (N-methyl/N-ethyl adjacent to an activating group) is 1. The molecule has 94 valence electrons. The predicted molar refractivity (Wildman–Crippen MR) is 68.5 cm³/mol. The maximum Gasteiger partial charge on any atom is 0.264 e. The first-order valence-electron chi connectivity index (χ1n) is 5.24. The number of nitrogens with zero attached hydrogens (tertiary/aromatic N) is 2. The molecule has 2 rings (SSSR count). The third-order valence-electron chi connectivity index (χ3n) is 2.24. The van der Waals surface area contributed by atoms with E-state index in [0.717, 1.165) is 0 Å². The summed E-state index contributed by atoms with van der Waals surface area (Å²) in [5.41, 5.74) is 0.581. The van der Waals surface area contributed by atoms with Crippen molar-refractivity contribution in [3.63, 3.8) is 0 Å². The zero-order valence-electron chi connectivity index (χ0n) is 9.71. The Morgan fingerprint density at radius 2 is 2.39 bits per heavy atom. The number of hydrogen-bond acceptors (Lipinski definition) is 4. The number of hydrogen-bond donors (Lipinski definition) is 2. The Morgan fingerprint density at radius 1 is 1.56 bits per heavy atom. The molecule has 2 N–H and O–H groups in total. The van der Waals surface area contributed by atoms with Crippen molar-refractivity contribution in [1.82, 2.24) is 15.1 Å². The number of aromatic nitrogens is 2. The SMILES string of the molecule is CN(CC(=O)Nc1cn[nH]c1)C(=O)c1cccs1. The molecule has 2 aromatic heterocycles. The first-order chi connectivity index (χ1) is 8.66. The Kier molecular flexibility index (Phi) is 3.73. The Labute approximate surface area is 108 Å². The molecule has 0 unspecified atom stereocenters. The molecule has 0 bridgehead atoms. The average molecular weight is 264 g/mol. The van der Waals surface area contributed by atoms with Gasteiger partial charge in [-0.15, -0.1) is 11.3 Å². The standard InChI is InChI=1S/C11H12N4O2S/c1-15(11(17)9-3-2-4-18-9)7-10(16)14-8-5-12-13-6-8/h2-6H,7H2,1H3,(H,12,13)(H,14,16). The highest BCUT2D eigenvalue weighted by Crippen LogP contribution is 2.11. The molecule has 2 heterocycles. The van der Waals surface area contributed by atoms with E-state index in [1.807, 2.05) is 5.38 Å². The predicted octanol–water partition coefficient (Wildman–Crippen LogP) is 1.18. The molecule has 0 aliphatic carbocycles. The minimum Gasteiger partial charge on any atom is -0.332 e. The quantitative estimate of drug-likeness (QED) is 0.870. The van der Waals surface area contributed by atoms with Gasteiger partial charge in [-0.1, -0.05) is 6.07 Å². The third kappa shape index (κ3) is 2.95. The molecule has 0 atom stereocenters. The van der Waals surface area contributed by atoms with Crippen LogP contribution in [0.1, 0.15) is 9.67 Å². The average Bonchev–Trinajstić information content (AvgIpc) is 2.99. The van der Waals surface area contributed by atoms with Crippen molar-refractivity contribution < 1.29 is 9.59 Å². The molecule has 6 nitrogen and oxygen atoms in total. The summed E-state index contributed by atoms with van der Waals surface area (Å²) in [5.74, 6) is -0.420. The summed E-state index contributed by atoms with van der Waals surface area (Å²) in [6, 6.07) is 3.54. The van der Waals surface area contributed by atoms with E-state index >= 15 is 0 Å². The Morgan fingerprint density at radius 3 is 3.00 bits per heavy atom. The molecule has 0 spiro atoms. The van der Waals surface area contributed by atoms with Gasteiger partial charge in [0.25, 0.3) is 5.91 Å². The minimum atomic E-state index is -0.260. The molecule has 18 heavy (non-hydrogen) atoms. The second-order valence-corrected chi connectivity index (χ2v) is 4.62. The van der Waals surface area contributed by atoms with E-state index in [1.165, 1.54) is 22.4 Å². The van der Waals surface area contributed by atoms with Crippen molar-refractivity contribution in [2.24, 2.45) is 0 Å². The van der Waals surface area contributed by atoms with Crippen molar-refractivity contribution in [3.8, 4) is 0 Å². The number of amides is 2. The fourth-order valence-corrected chi connectivity index (χ4v) is 2.11. The monoisotopic (exact) mass is 264 g/mol. The van der Waals surface area contributed by atoms with Gasteiger partial charge < -0.3 is 10.2 Å². The fraction of sp³-hybridized carbons (Fsp3) is 0.182. The highest BCUT2D eigenvalue weighted by atomic mass is 32.1. The maximum absolute atomic E-state index is 11.9. The van der Waals surface area contributed by atoms with Crippen LogP contribution in [0.5, 0.6) is 0 Å². The van der Waals surface area contributed by atoms with Crippen molar-refractivity contribution >= 4 is 28.8 Å². The Bertz CT molecular complexity index is 521. The van der Waals surface area contributed by atoms with Gasteiger partial charge in [0.15, 0.2) is 0 Å². The number of thiophene rings is 1. The van der Waals surface area contributed by atoms with Crippen LogP contribution in [0, 0.1) is 0 Å². The molecule has 0 fully saturated rings. The van der Waals surface area contributed by atoms with E-state index in [4.69, 9.17) is 0 Å². The number of H-pyrrole nitrogens is 1. The van der Waals surface area contributed by atoms with Crippen LogP contribution in [0.4, 0.5) is 5.69 Å². The lowest BCUT2D eigenvalue weighted by Gasteiger charge is -2.15. The number of nitrogens with one attached hydrogen (secondary N) is 2. The number of carbonyl (C=O) groups excluding carboxylic acids is 2. The first kappa shape index (κ1) is 12.3. The van der Waals surface area contributed by atoms with Gasteiger partial charge in [0.2, 0.25) is 5.91 Å². The van der Waals surface area contributed by atoms with Crippen LogP contribution in [0.3, 0.4) is 0 Å². The maximum atomic E-state index is 11.9. The normalized spacial score (nSPS) is 10.1. The Hall–Kier alpha value is -2.15. The van der Waals surface area contributed by atoms with E-state index in [2.05, 4.69) is 15.5 Å². The lowest BCUT2D eigenvalue weighted by Crippen LogP contribution is -2.34. The fourth-order valence-electron chi connectivity index (χ4n) is 1.40. The Balaban J connectivity index is 1.89. The molecular formula is C11H12N4O2S. The molecule has 2 aromatic rings. The van der Waals surface area contributed by atoms with Crippen LogP contribution < -0.4 is 5.32 Å². The van der Waals surface area contributed by atoms with Gasteiger partial charge in [0, 0.05) is 13.2 Å². The van der Waals surface area contributed by atoms with Crippen LogP contribution in [-0.4, -0.2) is 40.5 Å².